The first-order chi connectivity index (χ1) is 19.0. The van der Waals surface area contributed by atoms with E-state index in [1.54, 1.807) is 6.08 Å². The monoisotopic (exact) mass is 598 g/mol. The summed E-state index contributed by atoms with van der Waals surface area (Å²) in [6.07, 6.45) is 10.8. The van der Waals surface area contributed by atoms with Gasteiger partial charge >= 0.3 is 5.97 Å². The summed E-state index contributed by atoms with van der Waals surface area (Å²) < 4.78 is 26.1. The molecule has 0 aliphatic rings. The van der Waals surface area contributed by atoms with Crippen molar-refractivity contribution in [2.24, 2.45) is 17.8 Å². The molecule has 0 aromatic rings. The van der Waals surface area contributed by atoms with Gasteiger partial charge in [-0.15, -0.1) is 0 Å². The second-order valence-corrected chi connectivity index (χ2v) is 21.0. The van der Waals surface area contributed by atoms with Gasteiger partial charge in [-0.25, -0.2) is 4.79 Å². The molecule has 0 radical (unpaired) electrons. The minimum Gasteiger partial charge on any atom is -0.463 e. The van der Waals surface area contributed by atoms with Crippen molar-refractivity contribution in [3.63, 3.8) is 0 Å². The van der Waals surface area contributed by atoms with E-state index in [0.29, 0.717) is 12.5 Å². The van der Waals surface area contributed by atoms with E-state index in [0.717, 1.165) is 55.5 Å². The maximum atomic E-state index is 12.3. The predicted molar refractivity (Wildman–Crippen MR) is 177 cm³/mol. The highest BCUT2D eigenvalue weighted by Crippen LogP contribution is 2.36. The Bertz CT molecular complexity index is 701. The number of esters is 1. The lowest BCUT2D eigenvalue weighted by atomic mass is 9.83. The maximum Gasteiger partial charge on any atom is 0.330 e. The van der Waals surface area contributed by atoms with E-state index in [-0.39, 0.29) is 36.1 Å². The standard InChI is InChI=1S/C33H66O5Si2/c1-13-22-23-27(10)33(35-12)28(11)30(37-39(16-4,17-5)18-6)26-31(38-40(19-7,20-8)21-9)29(14-2)24-25-32(34)36-15-3/h13,22,24-25,27-31,33H,14-21,23,26H2,1-12H3/b22-13+,25-24-/t27-,28-,29+,30+,31+,33+/m0/s1. The van der Waals surface area contributed by atoms with E-state index in [2.05, 4.69) is 81.4 Å². The lowest BCUT2D eigenvalue weighted by molar-refractivity contribution is -0.137. The predicted octanol–water partition coefficient (Wildman–Crippen LogP) is 9.56. The van der Waals surface area contributed by atoms with Gasteiger partial charge in [0.05, 0.1) is 24.9 Å². The molecule has 0 unspecified atom stereocenters. The van der Waals surface area contributed by atoms with Gasteiger partial charge < -0.3 is 18.3 Å². The quantitative estimate of drug-likeness (QED) is 0.0507. The molecule has 0 fully saturated rings. The molecule has 0 aromatic heterocycles. The average molecular weight is 599 g/mol. The maximum absolute atomic E-state index is 12.3. The van der Waals surface area contributed by atoms with Crippen LogP contribution in [0.5, 0.6) is 0 Å². The third-order valence-corrected chi connectivity index (χ3v) is 18.9. The number of ether oxygens (including phenoxy) is 2. The van der Waals surface area contributed by atoms with Crippen LogP contribution in [0.25, 0.3) is 0 Å². The highest BCUT2D eigenvalue weighted by molar-refractivity contribution is 6.74. The van der Waals surface area contributed by atoms with Gasteiger partial charge in [-0.05, 0) is 75.3 Å². The number of rotatable bonds is 23. The number of allylic oxidation sites excluding steroid dienone is 2. The Morgan fingerprint density at radius 1 is 0.800 bits per heavy atom. The molecule has 40 heavy (non-hydrogen) atoms. The van der Waals surface area contributed by atoms with Crippen LogP contribution in [-0.4, -0.2) is 54.6 Å². The van der Waals surface area contributed by atoms with Gasteiger partial charge in [0.1, 0.15) is 0 Å². The normalized spacial score (nSPS) is 17.6. The summed E-state index contributed by atoms with van der Waals surface area (Å²) in [5.74, 6) is 0.420. The van der Waals surface area contributed by atoms with E-state index in [9.17, 15) is 4.79 Å². The van der Waals surface area contributed by atoms with Crippen molar-refractivity contribution in [3.05, 3.63) is 24.3 Å². The first kappa shape index (κ1) is 39.3. The summed E-state index contributed by atoms with van der Waals surface area (Å²) in [6, 6.07) is 6.60. The molecule has 0 aliphatic carbocycles. The first-order valence-corrected chi connectivity index (χ1v) is 21.5. The SMILES string of the molecule is C/C=C/C[C@H](C)[C@@H](OC)[C@@H](C)[C@@H](C[C@@H](O[Si](CC)(CC)CC)[C@@H](/C=C\C(=O)OCC)CC)O[Si](CC)(CC)CC. The molecule has 236 valence electrons. The summed E-state index contributed by atoms with van der Waals surface area (Å²) in [5, 5.41) is 0. The Labute approximate surface area is 251 Å². The fourth-order valence-corrected chi connectivity index (χ4v) is 12.0. The van der Waals surface area contributed by atoms with Gasteiger partial charge in [0, 0.05) is 25.0 Å². The molecule has 7 heteroatoms. The van der Waals surface area contributed by atoms with Crippen molar-refractivity contribution in [1.29, 1.82) is 0 Å². The van der Waals surface area contributed by atoms with E-state index in [1.807, 2.05) is 20.1 Å². The smallest absolute Gasteiger partial charge is 0.330 e. The Morgan fingerprint density at radius 3 is 1.70 bits per heavy atom. The zero-order valence-electron chi connectivity index (χ0n) is 28.4. The average Bonchev–Trinajstić information content (AvgIpc) is 2.97. The molecule has 0 aliphatic heterocycles. The Morgan fingerprint density at radius 2 is 1.30 bits per heavy atom. The van der Waals surface area contributed by atoms with Crippen molar-refractivity contribution in [2.75, 3.05) is 13.7 Å². The molecule has 0 bridgehead atoms. The van der Waals surface area contributed by atoms with Crippen molar-refractivity contribution in [3.8, 4) is 0 Å². The fraction of sp³-hybridized carbons (Fsp3) is 0.848. The molecular weight excluding hydrogens is 533 g/mol. The summed E-state index contributed by atoms with van der Waals surface area (Å²) >= 11 is 0. The van der Waals surface area contributed by atoms with Crippen LogP contribution < -0.4 is 0 Å². The molecule has 0 aromatic carbocycles. The highest BCUT2D eigenvalue weighted by atomic mass is 28.4. The van der Waals surface area contributed by atoms with Crippen molar-refractivity contribution >= 4 is 22.6 Å². The second-order valence-electron chi connectivity index (χ2n) is 11.6. The van der Waals surface area contributed by atoms with E-state index in [1.165, 1.54) is 0 Å². The second kappa shape index (κ2) is 21.0. The van der Waals surface area contributed by atoms with Gasteiger partial charge in [-0.3, -0.25) is 0 Å². The zero-order chi connectivity index (χ0) is 30.8. The molecule has 0 saturated heterocycles. The minimum absolute atomic E-state index is 0.0183. The number of carbonyl (C=O) groups is 1. The molecule has 0 rings (SSSR count). The summed E-state index contributed by atoms with van der Waals surface area (Å²) in [5.41, 5.74) is 0. The number of carbonyl (C=O) groups excluding carboxylic acids is 1. The molecule has 0 heterocycles. The molecular formula is C33H66O5Si2. The van der Waals surface area contributed by atoms with Crippen molar-refractivity contribution < 1.29 is 23.1 Å². The van der Waals surface area contributed by atoms with E-state index < -0.39 is 16.6 Å². The Kier molecular flexibility index (Phi) is 20.6. The fourth-order valence-electron chi connectivity index (χ4n) is 6.13. The van der Waals surface area contributed by atoms with Gasteiger partial charge in [0.15, 0.2) is 16.6 Å². The highest BCUT2D eigenvalue weighted by Gasteiger charge is 2.41. The molecule has 6 atom stereocenters. The van der Waals surface area contributed by atoms with Crippen LogP contribution in [0.1, 0.15) is 95.4 Å². The Balaban J connectivity index is 6.72. The van der Waals surface area contributed by atoms with Gasteiger partial charge in [0.25, 0.3) is 0 Å². The van der Waals surface area contributed by atoms with Crippen LogP contribution in [-0.2, 0) is 23.1 Å². The lowest BCUT2D eigenvalue weighted by Crippen LogP contribution is -2.49. The Hall–Kier alpha value is -0.736. The number of hydrogen-bond acceptors (Lipinski definition) is 5. The molecule has 5 nitrogen and oxygen atoms in total. The van der Waals surface area contributed by atoms with E-state index in [4.69, 9.17) is 18.3 Å². The van der Waals surface area contributed by atoms with Gasteiger partial charge in [0.2, 0.25) is 0 Å². The van der Waals surface area contributed by atoms with Crippen molar-refractivity contribution in [2.45, 2.75) is 150 Å². The largest absolute Gasteiger partial charge is 0.463 e. The first-order valence-electron chi connectivity index (χ1n) is 16.4. The van der Waals surface area contributed by atoms with Crippen LogP contribution in [0.15, 0.2) is 24.3 Å². The van der Waals surface area contributed by atoms with Gasteiger partial charge in [-0.1, -0.05) is 80.5 Å². The van der Waals surface area contributed by atoms with Crippen LogP contribution in [0, 0.1) is 17.8 Å². The summed E-state index contributed by atoms with van der Waals surface area (Å²) in [4.78, 5) is 12.3. The van der Waals surface area contributed by atoms with E-state index >= 15 is 0 Å². The third kappa shape index (κ3) is 12.2. The van der Waals surface area contributed by atoms with Crippen LogP contribution in [0.4, 0.5) is 0 Å². The zero-order valence-corrected chi connectivity index (χ0v) is 30.4. The van der Waals surface area contributed by atoms with Crippen molar-refractivity contribution in [1.82, 2.24) is 0 Å². The van der Waals surface area contributed by atoms with Crippen LogP contribution >= 0.6 is 0 Å². The third-order valence-electron chi connectivity index (χ3n) is 9.53. The van der Waals surface area contributed by atoms with Crippen LogP contribution in [0.2, 0.25) is 36.3 Å². The number of hydrogen-bond donors (Lipinski definition) is 0. The molecule has 0 saturated carbocycles. The van der Waals surface area contributed by atoms with Gasteiger partial charge in [-0.2, -0.15) is 0 Å². The summed E-state index contributed by atoms with van der Waals surface area (Å²) in [6.45, 7) is 24.9. The molecule has 0 amide bonds. The minimum atomic E-state index is -1.93. The number of methoxy groups -OCH3 is 1. The molecule has 0 spiro atoms. The van der Waals surface area contributed by atoms with Crippen LogP contribution in [0.3, 0.4) is 0 Å². The lowest BCUT2D eigenvalue weighted by Gasteiger charge is -2.43. The molecule has 0 N–H and O–H groups in total. The topological polar surface area (TPSA) is 54.0 Å². The summed E-state index contributed by atoms with van der Waals surface area (Å²) in [7, 11) is -1.99.